The first-order valence-corrected chi connectivity index (χ1v) is 8.01. The molecule has 2 aromatic rings. The minimum atomic E-state index is -0.236. The largest absolute Gasteiger partial charge is 0.294 e. The molecule has 2 aromatic carbocycles. The molecule has 0 aromatic heterocycles. The molecule has 0 aliphatic heterocycles. The van der Waals surface area contributed by atoms with Gasteiger partial charge in [-0.2, -0.15) is 0 Å². The summed E-state index contributed by atoms with van der Waals surface area (Å²) >= 11 is 0. The quantitative estimate of drug-likeness (QED) is 0.668. The fourth-order valence-electron chi connectivity index (χ4n) is 2.76. The van der Waals surface area contributed by atoms with Crippen molar-refractivity contribution in [1.82, 2.24) is 0 Å². The summed E-state index contributed by atoms with van der Waals surface area (Å²) in [5.74, 6) is -0.426. The predicted octanol–water partition coefficient (Wildman–Crippen LogP) is 5.07. The Bertz CT molecular complexity index is 769. The van der Waals surface area contributed by atoms with Crippen molar-refractivity contribution in [2.24, 2.45) is 0 Å². The Labute approximate surface area is 143 Å². The minimum absolute atomic E-state index is 0.00396. The predicted molar refractivity (Wildman–Crippen MR) is 99.1 cm³/mol. The van der Waals surface area contributed by atoms with Crippen LogP contribution >= 0.6 is 0 Å². The zero-order valence-corrected chi connectivity index (χ0v) is 14.2. The number of hydrogen-bond acceptors (Lipinski definition) is 2. The minimum Gasteiger partial charge on any atom is -0.294 e. The van der Waals surface area contributed by atoms with Gasteiger partial charge in [0, 0.05) is 11.8 Å². The number of benzene rings is 2. The van der Waals surface area contributed by atoms with Crippen LogP contribution in [-0.2, 0) is 9.59 Å². The van der Waals surface area contributed by atoms with Gasteiger partial charge in [-0.05, 0) is 34.4 Å². The summed E-state index contributed by atoms with van der Waals surface area (Å²) in [6.45, 7) is 10.9. The molecule has 0 heterocycles. The molecule has 2 heteroatoms. The molecule has 0 saturated heterocycles. The van der Waals surface area contributed by atoms with Gasteiger partial charge >= 0.3 is 0 Å². The van der Waals surface area contributed by atoms with Gasteiger partial charge in [0.25, 0.3) is 0 Å². The zero-order chi connectivity index (χ0) is 17.7. The second-order valence-electron chi connectivity index (χ2n) is 5.87. The van der Waals surface area contributed by atoms with Gasteiger partial charge in [-0.15, -0.1) is 0 Å². The van der Waals surface area contributed by atoms with E-state index in [-0.39, 0.29) is 23.4 Å². The van der Waals surface area contributed by atoms with Crippen molar-refractivity contribution in [3.05, 3.63) is 85.0 Å². The van der Waals surface area contributed by atoms with E-state index in [0.717, 1.165) is 22.3 Å². The van der Waals surface area contributed by atoms with E-state index < -0.39 is 0 Å². The molecule has 0 fully saturated rings. The highest BCUT2D eigenvalue weighted by atomic mass is 16.1. The Morgan fingerprint density at radius 1 is 0.833 bits per heavy atom. The van der Waals surface area contributed by atoms with E-state index in [2.05, 4.69) is 13.2 Å². The van der Waals surface area contributed by atoms with Crippen LogP contribution in [0.2, 0.25) is 0 Å². The molecule has 2 nitrogen and oxygen atoms in total. The fourth-order valence-corrected chi connectivity index (χ4v) is 2.76. The Kier molecular flexibility index (Phi) is 5.64. The zero-order valence-electron chi connectivity index (χ0n) is 14.2. The van der Waals surface area contributed by atoms with Crippen LogP contribution in [0.4, 0.5) is 0 Å². The summed E-state index contributed by atoms with van der Waals surface area (Å²) in [6, 6.07) is 15.8. The Balaban J connectivity index is 2.39. The summed E-state index contributed by atoms with van der Waals surface area (Å²) < 4.78 is 0. The van der Waals surface area contributed by atoms with Crippen molar-refractivity contribution in [2.75, 3.05) is 0 Å². The summed E-state index contributed by atoms with van der Waals surface area (Å²) in [7, 11) is 0. The van der Waals surface area contributed by atoms with Crippen molar-refractivity contribution < 1.29 is 9.59 Å². The maximum atomic E-state index is 12.0. The van der Waals surface area contributed by atoms with Crippen LogP contribution in [0.3, 0.4) is 0 Å². The molecule has 122 valence electrons. The summed E-state index contributed by atoms with van der Waals surface area (Å²) in [5.41, 5.74) is 3.98. The molecule has 0 N–H and O–H groups in total. The summed E-state index contributed by atoms with van der Waals surface area (Å²) in [5, 5.41) is 0. The third kappa shape index (κ3) is 3.60. The van der Waals surface area contributed by atoms with Gasteiger partial charge in [-0.25, -0.2) is 0 Å². The van der Waals surface area contributed by atoms with Crippen LogP contribution in [0.5, 0.6) is 0 Å². The molecular formula is C22H22O2. The van der Waals surface area contributed by atoms with E-state index in [1.807, 2.05) is 62.4 Å². The Morgan fingerprint density at radius 3 is 1.96 bits per heavy atom. The van der Waals surface area contributed by atoms with Crippen LogP contribution < -0.4 is 0 Å². The van der Waals surface area contributed by atoms with Gasteiger partial charge < -0.3 is 0 Å². The van der Waals surface area contributed by atoms with E-state index in [4.69, 9.17) is 0 Å². The molecule has 24 heavy (non-hydrogen) atoms. The average Bonchev–Trinajstić information content (AvgIpc) is 2.65. The lowest BCUT2D eigenvalue weighted by Crippen LogP contribution is -2.07. The molecule has 0 aliphatic rings. The molecular weight excluding hydrogens is 296 g/mol. The van der Waals surface area contributed by atoms with E-state index in [1.54, 1.807) is 0 Å². The van der Waals surface area contributed by atoms with E-state index in [9.17, 15) is 9.59 Å². The second-order valence-corrected chi connectivity index (χ2v) is 5.87. The van der Waals surface area contributed by atoms with Crippen molar-refractivity contribution in [3.8, 4) is 11.1 Å². The topological polar surface area (TPSA) is 34.1 Å². The fraction of sp³-hybridized carbons (Fsp3) is 0.182. The summed E-state index contributed by atoms with van der Waals surface area (Å²) in [4.78, 5) is 23.7. The Hall–Kier alpha value is -2.74. The molecule has 0 radical (unpaired) electrons. The number of hydrogen-bond donors (Lipinski definition) is 0. The molecule has 0 amide bonds. The first-order chi connectivity index (χ1) is 11.5. The van der Waals surface area contributed by atoms with Crippen molar-refractivity contribution >= 4 is 11.6 Å². The van der Waals surface area contributed by atoms with Crippen LogP contribution in [-0.4, -0.2) is 11.6 Å². The second kappa shape index (κ2) is 7.69. The lowest BCUT2D eigenvalue weighted by molar-refractivity contribution is -0.116. The van der Waals surface area contributed by atoms with E-state index in [1.165, 1.54) is 12.2 Å². The Morgan fingerprint density at radius 2 is 1.38 bits per heavy atom. The third-order valence-corrected chi connectivity index (χ3v) is 4.40. The van der Waals surface area contributed by atoms with Crippen molar-refractivity contribution in [1.29, 1.82) is 0 Å². The average molecular weight is 318 g/mol. The standard InChI is InChI=1S/C22H22O2/c1-5-21(23)15(3)17-11-13-18(14-12-17)20-10-8-7-9-19(20)16(4)22(24)6-2/h5-16H,1-2H2,3-4H3. The molecule has 0 spiro atoms. The van der Waals surface area contributed by atoms with Gasteiger partial charge in [0.05, 0.1) is 0 Å². The first-order valence-electron chi connectivity index (χ1n) is 8.01. The van der Waals surface area contributed by atoms with Gasteiger partial charge in [0.15, 0.2) is 11.6 Å². The number of carbonyl (C=O) groups is 2. The van der Waals surface area contributed by atoms with Gasteiger partial charge in [-0.1, -0.05) is 75.5 Å². The molecule has 2 rings (SSSR count). The number of ketones is 2. The molecule has 2 unspecified atom stereocenters. The molecule has 2 atom stereocenters. The van der Waals surface area contributed by atoms with Crippen LogP contribution in [0.25, 0.3) is 11.1 Å². The van der Waals surface area contributed by atoms with Crippen LogP contribution in [0, 0.1) is 0 Å². The maximum Gasteiger partial charge on any atom is 0.162 e. The van der Waals surface area contributed by atoms with Gasteiger partial charge in [0.2, 0.25) is 0 Å². The monoisotopic (exact) mass is 318 g/mol. The summed E-state index contributed by atoms with van der Waals surface area (Å²) in [6.07, 6.45) is 2.73. The van der Waals surface area contributed by atoms with Crippen molar-refractivity contribution in [2.45, 2.75) is 25.7 Å². The molecule has 0 aliphatic carbocycles. The number of allylic oxidation sites excluding steroid dienone is 2. The highest BCUT2D eigenvalue weighted by molar-refractivity contribution is 5.96. The first kappa shape index (κ1) is 17.6. The number of carbonyl (C=O) groups excluding carboxylic acids is 2. The van der Waals surface area contributed by atoms with E-state index >= 15 is 0 Å². The molecule has 0 bridgehead atoms. The molecule has 0 saturated carbocycles. The van der Waals surface area contributed by atoms with Crippen LogP contribution in [0.15, 0.2) is 73.8 Å². The van der Waals surface area contributed by atoms with Gasteiger partial charge in [0.1, 0.15) is 0 Å². The van der Waals surface area contributed by atoms with Gasteiger partial charge in [-0.3, -0.25) is 9.59 Å². The highest BCUT2D eigenvalue weighted by Crippen LogP contribution is 2.31. The smallest absolute Gasteiger partial charge is 0.162 e. The third-order valence-electron chi connectivity index (χ3n) is 4.40. The lowest BCUT2D eigenvalue weighted by Gasteiger charge is -2.15. The van der Waals surface area contributed by atoms with Crippen LogP contribution in [0.1, 0.15) is 36.8 Å². The number of rotatable bonds is 7. The SMILES string of the molecule is C=CC(=O)C(C)c1ccc(-c2ccccc2C(C)C(=O)C=C)cc1. The highest BCUT2D eigenvalue weighted by Gasteiger charge is 2.17. The van der Waals surface area contributed by atoms with E-state index in [0.29, 0.717) is 0 Å². The van der Waals surface area contributed by atoms with Crippen molar-refractivity contribution in [3.63, 3.8) is 0 Å². The lowest BCUT2D eigenvalue weighted by atomic mass is 9.88. The maximum absolute atomic E-state index is 12.0. The normalized spacial score (nSPS) is 12.9.